The van der Waals surface area contributed by atoms with Crippen molar-refractivity contribution in [3.63, 3.8) is 0 Å². The molecule has 1 amide bonds. The van der Waals surface area contributed by atoms with E-state index < -0.39 is 20.0 Å². The predicted octanol–water partition coefficient (Wildman–Crippen LogP) is 18.7. The van der Waals surface area contributed by atoms with Crippen LogP contribution in [0.4, 0.5) is 0 Å². The van der Waals surface area contributed by atoms with Gasteiger partial charge in [-0.25, -0.2) is 4.57 Å². The molecule has 0 saturated heterocycles. The molecule has 71 heavy (non-hydrogen) atoms. The Balaban J connectivity index is 4.23. The first-order chi connectivity index (χ1) is 34.5. The molecule has 0 aromatic rings. The van der Waals surface area contributed by atoms with E-state index in [0.29, 0.717) is 17.4 Å². The highest BCUT2D eigenvalue weighted by Gasteiger charge is 2.27. The van der Waals surface area contributed by atoms with E-state index in [4.69, 9.17) is 9.05 Å². The number of amides is 1. The number of aliphatic hydroxyl groups is 1. The molecule has 0 aliphatic carbocycles. The third-order valence-electron chi connectivity index (χ3n) is 13.7. The van der Waals surface area contributed by atoms with Crippen LogP contribution in [0.5, 0.6) is 0 Å². The number of likely N-dealkylation sites (N-methyl/N-ethyl adjacent to an activating group) is 1. The number of allylic oxidation sites excluding steroid dienone is 7. The lowest BCUT2D eigenvalue weighted by molar-refractivity contribution is -0.870. The molecule has 418 valence electrons. The van der Waals surface area contributed by atoms with Crippen LogP contribution in [-0.4, -0.2) is 73.4 Å². The summed E-state index contributed by atoms with van der Waals surface area (Å²) >= 11 is 0. The van der Waals surface area contributed by atoms with Crippen LogP contribution in [0.2, 0.25) is 0 Å². The van der Waals surface area contributed by atoms with Gasteiger partial charge in [-0.15, -0.1) is 0 Å². The summed E-state index contributed by atoms with van der Waals surface area (Å²) in [5.41, 5.74) is 0. The van der Waals surface area contributed by atoms with Crippen LogP contribution >= 0.6 is 7.82 Å². The Morgan fingerprint density at radius 1 is 0.465 bits per heavy atom. The van der Waals surface area contributed by atoms with Gasteiger partial charge in [-0.2, -0.15) is 0 Å². The Labute approximate surface area is 441 Å². The SMILES string of the molecule is CCCCCCCCCCCCCC/C=C\CCCCCCCCCCCCC(=O)NC(COP(=O)(O)OCC[N+](C)(C)C)C(O)/C=C/CC/C=C/CC/C=C/CCCCCCCCCCCCCCC. The molecular weight excluding hydrogens is 900 g/mol. The maximum atomic E-state index is 13.0. The predicted molar refractivity (Wildman–Crippen MR) is 309 cm³/mol. The maximum absolute atomic E-state index is 13.0. The van der Waals surface area contributed by atoms with Crippen molar-refractivity contribution in [2.24, 2.45) is 0 Å². The average Bonchev–Trinajstić information content (AvgIpc) is 3.33. The van der Waals surface area contributed by atoms with Crippen molar-refractivity contribution in [1.29, 1.82) is 0 Å². The van der Waals surface area contributed by atoms with E-state index in [2.05, 4.69) is 55.6 Å². The van der Waals surface area contributed by atoms with Gasteiger partial charge in [0.1, 0.15) is 13.2 Å². The molecule has 3 atom stereocenters. The molecule has 0 saturated carbocycles. The number of carbonyl (C=O) groups excluding carboxylic acids is 1. The maximum Gasteiger partial charge on any atom is 0.472 e. The van der Waals surface area contributed by atoms with Crippen LogP contribution in [0, 0.1) is 0 Å². The summed E-state index contributed by atoms with van der Waals surface area (Å²) in [5, 5.41) is 13.9. The van der Waals surface area contributed by atoms with E-state index in [0.717, 1.165) is 44.9 Å². The number of unbranched alkanes of at least 4 members (excludes halogenated alkanes) is 37. The fourth-order valence-electron chi connectivity index (χ4n) is 8.95. The number of phosphoric ester groups is 1. The molecule has 0 aromatic heterocycles. The third-order valence-corrected chi connectivity index (χ3v) is 14.7. The normalized spacial score (nSPS) is 14.2. The van der Waals surface area contributed by atoms with Crippen molar-refractivity contribution >= 4 is 13.7 Å². The molecule has 9 heteroatoms. The Kier molecular flexibility index (Phi) is 52.1. The zero-order valence-corrected chi connectivity index (χ0v) is 48.6. The van der Waals surface area contributed by atoms with Crippen molar-refractivity contribution in [3.05, 3.63) is 48.6 Å². The van der Waals surface area contributed by atoms with Crippen molar-refractivity contribution in [2.45, 2.75) is 302 Å². The molecule has 0 spiro atoms. The zero-order chi connectivity index (χ0) is 52.0. The summed E-state index contributed by atoms with van der Waals surface area (Å²) in [4.78, 5) is 23.3. The minimum atomic E-state index is -4.36. The second kappa shape index (κ2) is 53.3. The number of rotatable bonds is 56. The second-order valence-corrected chi connectivity index (χ2v) is 23.5. The molecule has 0 aliphatic rings. The lowest BCUT2D eigenvalue weighted by Gasteiger charge is -2.25. The monoisotopic (exact) mass is 1020 g/mol. The van der Waals surface area contributed by atoms with E-state index >= 15 is 0 Å². The highest BCUT2D eigenvalue weighted by molar-refractivity contribution is 7.47. The van der Waals surface area contributed by atoms with Crippen molar-refractivity contribution in [1.82, 2.24) is 5.32 Å². The van der Waals surface area contributed by atoms with Crippen molar-refractivity contribution < 1.29 is 32.9 Å². The lowest BCUT2D eigenvalue weighted by atomic mass is 10.0. The molecule has 0 fully saturated rings. The lowest BCUT2D eigenvalue weighted by Crippen LogP contribution is -2.45. The number of phosphoric acid groups is 1. The van der Waals surface area contributed by atoms with Gasteiger partial charge in [-0.3, -0.25) is 13.8 Å². The minimum Gasteiger partial charge on any atom is -0.387 e. The molecule has 8 nitrogen and oxygen atoms in total. The Morgan fingerprint density at radius 3 is 1.13 bits per heavy atom. The van der Waals surface area contributed by atoms with Crippen LogP contribution < -0.4 is 5.32 Å². The molecule has 0 heterocycles. The number of quaternary nitrogens is 1. The molecule has 0 aliphatic heterocycles. The fraction of sp³-hybridized carbons (Fsp3) is 0.855. The standard InChI is InChI=1S/C62H119N2O6P/c1-6-8-10-12-14-16-18-20-22-24-26-28-30-31-32-34-36-38-40-42-44-46-48-50-52-54-56-62(66)63-60(59-70-71(67,68)69-58-57-64(3,4)5)61(65)55-53-51-49-47-45-43-41-39-37-35-33-29-27-25-23-21-19-17-15-13-11-9-7-2/h31-32,37,39,45,47,53,55,60-61,65H,6-30,33-36,38,40-44,46,48-52,54,56-59H2,1-5H3,(H-,63,66,67,68)/p+1/b32-31-,39-37+,47-45+,55-53+. The van der Waals surface area contributed by atoms with Crippen molar-refractivity contribution in [2.75, 3.05) is 40.9 Å². The zero-order valence-electron chi connectivity index (χ0n) is 47.7. The number of nitrogens with one attached hydrogen (secondary N) is 1. The molecule has 3 unspecified atom stereocenters. The van der Waals surface area contributed by atoms with Crippen molar-refractivity contribution in [3.8, 4) is 0 Å². The first kappa shape index (κ1) is 69.5. The fourth-order valence-corrected chi connectivity index (χ4v) is 9.69. The topological polar surface area (TPSA) is 105 Å². The van der Waals surface area contributed by atoms with Crippen LogP contribution in [0.3, 0.4) is 0 Å². The van der Waals surface area contributed by atoms with E-state index in [1.807, 2.05) is 27.2 Å². The van der Waals surface area contributed by atoms with Gasteiger partial charge < -0.3 is 19.8 Å². The molecule has 0 rings (SSSR count). The number of hydrogen-bond donors (Lipinski definition) is 3. The molecule has 0 radical (unpaired) electrons. The summed E-state index contributed by atoms with van der Waals surface area (Å²) < 4.78 is 23.7. The number of nitrogens with zero attached hydrogens (tertiary/aromatic N) is 1. The highest BCUT2D eigenvalue weighted by atomic mass is 31.2. The van der Waals surface area contributed by atoms with Gasteiger partial charge in [0.2, 0.25) is 5.91 Å². The number of carbonyl (C=O) groups is 1. The Morgan fingerprint density at radius 2 is 0.775 bits per heavy atom. The minimum absolute atomic E-state index is 0.0531. The first-order valence-electron chi connectivity index (χ1n) is 30.5. The van der Waals surface area contributed by atoms with Gasteiger partial charge >= 0.3 is 7.82 Å². The van der Waals surface area contributed by atoms with Gasteiger partial charge in [0.05, 0.1) is 39.9 Å². The van der Waals surface area contributed by atoms with Crippen LogP contribution in [0.1, 0.15) is 290 Å². The van der Waals surface area contributed by atoms with Crippen LogP contribution in [0.25, 0.3) is 0 Å². The van der Waals surface area contributed by atoms with Gasteiger partial charge in [0.25, 0.3) is 0 Å². The van der Waals surface area contributed by atoms with E-state index in [-0.39, 0.29) is 19.1 Å². The van der Waals surface area contributed by atoms with Gasteiger partial charge in [0.15, 0.2) is 0 Å². The average molecular weight is 1020 g/mol. The molecular formula is C62H120N2O6P+. The molecule has 3 N–H and O–H groups in total. The van der Waals surface area contributed by atoms with Gasteiger partial charge in [0, 0.05) is 6.42 Å². The van der Waals surface area contributed by atoms with Gasteiger partial charge in [-0.05, 0) is 70.6 Å². The third kappa shape index (κ3) is 56.0. The molecule has 0 aromatic carbocycles. The van der Waals surface area contributed by atoms with E-state index in [1.54, 1.807) is 6.08 Å². The quantitative estimate of drug-likeness (QED) is 0.0243. The number of hydrogen-bond acceptors (Lipinski definition) is 5. The first-order valence-corrected chi connectivity index (χ1v) is 32.0. The summed E-state index contributed by atoms with van der Waals surface area (Å²) in [7, 11) is 1.55. The summed E-state index contributed by atoms with van der Waals surface area (Å²) in [6, 6.07) is -0.872. The van der Waals surface area contributed by atoms with Gasteiger partial charge in [-0.1, -0.05) is 262 Å². The van der Waals surface area contributed by atoms with E-state index in [9.17, 15) is 19.4 Å². The smallest absolute Gasteiger partial charge is 0.387 e. The molecule has 0 bridgehead atoms. The van der Waals surface area contributed by atoms with Crippen LogP contribution in [0.15, 0.2) is 48.6 Å². The number of aliphatic hydroxyl groups excluding tert-OH is 1. The summed E-state index contributed by atoms with van der Waals surface area (Å²) in [5.74, 6) is -0.190. The highest BCUT2D eigenvalue weighted by Crippen LogP contribution is 2.43. The summed E-state index contributed by atoms with van der Waals surface area (Å²) in [6.45, 7) is 4.82. The van der Waals surface area contributed by atoms with Crippen LogP contribution in [-0.2, 0) is 18.4 Å². The Bertz CT molecular complexity index is 1290. The second-order valence-electron chi connectivity index (χ2n) is 22.1. The summed E-state index contributed by atoms with van der Waals surface area (Å²) in [6.07, 6.45) is 70.9. The largest absolute Gasteiger partial charge is 0.472 e. The van der Waals surface area contributed by atoms with E-state index in [1.165, 1.54) is 225 Å². The Hall–Kier alpha value is -1.54.